The molecule has 2 aromatic heterocycles. The zero-order valence-electron chi connectivity index (χ0n) is 17.2. The topological polar surface area (TPSA) is 88.4 Å². The Kier molecular flexibility index (Phi) is 6.64. The van der Waals surface area contributed by atoms with E-state index in [1.165, 1.54) is 30.7 Å². The molecule has 32 heavy (non-hydrogen) atoms. The van der Waals surface area contributed by atoms with Gasteiger partial charge in [-0.1, -0.05) is 36.9 Å². The third-order valence-electron chi connectivity index (χ3n) is 5.61. The second-order valence-corrected chi connectivity index (χ2v) is 8.31. The Morgan fingerprint density at radius 1 is 1.06 bits per heavy atom. The molecule has 1 aliphatic carbocycles. The quantitative estimate of drug-likeness (QED) is 0.582. The van der Waals surface area contributed by atoms with Gasteiger partial charge in [-0.05, 0) is 36.5 Å². The first-order valence-corrected chi connectivity index (χ1v) is 10.8. The average molecular weight is 462 g/mol. The first kappa shape index (κ1) is 22.1. The Hall–Kier alpha value is -3.07. The van der Waals surface area contributed by atoms with E-state index >= 15 is 0 Å². The molecule has 2 amide bonds. The summed E-state index contributed by atoms with van der Waals surface area (Å²) in [5, 5.41) is 9.32. The highest BCUT2D eigenvalue weighted by atomic mass is 35.5. The standard InChI is InChI=1S/C22H22ClF2N5O2/c23-15-8-14(6-7-16(15)24)11-26-21(31)18-9-19(30-20(29-18)17(25)12-28-30)22(32)27-10-13-4-2-1-3-5-13/h6-9,12-13H,1-5,10-11H2,(H,26,31)(H,27,32). The average Bonchev–Trinajstić information content (AvgIpc) is 3.18. The Bertz CT molecular complexity index is 1160. The number of rotatable bonds is 6. The number of aromatic nitrogens is 3. The monoisotopic (exact) mass is 461 g/mol. The lowest BCUT2D eigenvalue weighted by molar-refractivity contribution is 0.0935. The minimum Gasteiger partial charge on any atom is -0.350 e. The number of halogens is 3. The first-order chi connectivity index (χ1) is 15.4. The lowest BCUT2D eigenvalue weighted by Crippen LogP contribution is -2.32. The lowest BCUT2D eigenvalue weighted by atomic mass is 9.89. The van der Waals surface area contributed by atoms with Gasteiger partial charge < -0.3 is 10.6 Å². The van der Waals surface area contributed by atoms with E-state index in [-0.39, 0.29) is 28.6 Å². The van der Waals surface area contributed by atoms with Gasteiger partial charge >= 0.3 is 0 Å². The SMILES string of the molecule is O=C(NCc1ccc(F)c(Cl)c1)c1cc(C(=O)NCC2CCCCC2)n2ncc(F)c2n1. The molecule has 7 nitrogen and oxygen atoms in total. The maximum Gasteiger partial charge on any atom is 0.270 e. The van der Waals surface area contributed by atoms with Crippen molar-refractivity contribution in [3.8, 4) is 0 Å². The van der Waals surface area contributed by atoms with Crippen LogP contribution in [-0.2, 0) is 6.54 Å². The molecule has 1 saturated carbocycles. The number of benzene rings is 1. The third-order valence-corrected chi connectivity index (χ3v) is 5.90. The van der Waals surface area contributed by atoms with Crippen LogP contribution in [0.5, 0.6) is 0 Å². The third kappa shape index (κ3) is 4.88. The molecule has 0 radical (unpaired) electrons. The minimum absolute atomic E-state index is 0.0182. The summed E-state index contributed by atoms with van der Waals surface area (Å²) in [6.07, 6.45) is 6.57. The molecule has 1 aliphatic rings. The molecule has 4 rings (SSSR count). The highest BCUT2D eigenvalue weighted by molar-refractivity contribution is 6.30. The van der Waals surface area contributed by atoms with Crippen LogP contribution in [0.4, 0.5) is 8.78 Å². The molecule has 0 bridgehead atoms. The van der Waals surface area contributed by atoms with Crippen LogP contribution >= 0.6 is 11.6 Å². The van der Waals surface area contributed by atoms with Crippen molar-refractivity contribution in [2.45, 2.75) is 38.6 Å². The van der Waals surface area contributed by atoms with Crippen molar-refractivity contribution in [1.82, 2.24) is 25.2 Å². The fourth-order valence-electron chi connectivity index (χ4n) is 3.86. The molecular formula is C22H22ClF2N5O2. The highest BCUT2D eigenvalue weighted by Gasteiger charge is 2.21. The maximum atomic E-state index is 14.2. The number of hydrogen-bond acceptors (Lipinski definition) is 4. The summed E-state index contributed by atoms with van der Waals surface area (Å²) in [5.41, 5.74) is 0.245. The normalized spacial score (nSPS) is 14.5. The molecule has 168 valence electrons. The number of carbonyl (C=O) groups excluding carboxylic acids is 2. The van der Waals surface area contributed by atoms with Gasteiger partial charge in [0, 0.05) is 19.2 Å². The summed E-state index contributed by atoms with van der Waals surface area (Å²) < 4.78 is 28.6. The van der Waals surface area contributed by atoms with Crippen molar-refractivity contribution < 1.29 is 18.4 Å². The fourth-order valence-corrected chi connectivity index (χ4v) is 4.06. The van der Waals surface area contributed by atoms with E-state index in [1.54, 1.807) is 0 Å². The van der Waals surface area contributed by atoms with E-state index in [0.29, 0.717) is 18.0 Å². The van der Waals surface area contributed by atoms with Gasteiger partial charge in [0.2, 0.25) is 0 Å². The van der Waals surface area contributed by atoms with E-state index in [4.69, 9.17) is 11.6 Å². The van der Waals surface area contributed by atoms with Gasteiger partial charge in [-0.3, -0.25) is 9.59 Å². The molecule has 0 saturated heterocycles. The summed E-state index contributed by atoms with van der Waals surface area (Å²) in [6, 6.07) is 5.36. The number of hydrogen-bond donors (Lipinski definition) is 2. The van der Waals surface area contributed by atoms with Crippen LogP contribution in [0.3, 0.4) is 0 Å². The Morgan fingerprint density at radius 2 is 1.84 bits per heavy atom. The van der Waals surface area contributed by atoms with Crippen LogP contribution in [-0.4, -0.2) is 33.0 Å². The van der Waals surface area contributed by atoms with Crippen LogP contribution in [0.15, 0.2) is 30.5 Å². The molecule has 0 atom stereocenters. The number of carbonyl (C=O) groups is 2. The van der Waals surface area contributed by atoms with Crippen molar-refractivity contribution in [1.29, 1.82) is 0 Å². The smallest absolute Gasteiger partial charge is 0.270 e. The fraction of sp³-hybridized carbons (Fsp3) is 0.364. The Labute approximate surface area is 188 Å². The Balaban J connectivity index is 1.52. The van der Waals surface area contributed by atoms with Crippen molar-refractivity contribution >= 4 is 29.1 Å². The van der Waals surface area contributed by atoms with E-state index in [2.05, 4.69) is 20.7 Å². The molecule has 2 N–H and O–H groups in total. The van der Waals surface area contributed by atoms with E-state index < -0.39 is 23.4 Å². The van der Waals surface area contributed by atoms with E-state index in [9.17, 15) is 18.4 Å². The number of amides is 2. The van der Waals surface area contributed by atoms with Crippen LogP contribution in [0, 0.1) is 17.6 Å². The number of nitrogens with zero attached hydrogens (tertiary/aromatic N) is 3. The van der Waals surface area contributed by atoms with Crippen LogP contribution in [0.2, 0.25) is 5.02 Å². The molecular weight excluding hydrogens is 440 g/mol. The van der Waals surface area contributed by atoms with Gasteiger partial charge in [0.25, 0.3) is 11.8 Å². The number of nitrogens with one attached hydrogen (secondary N) is 2. The predicted octanol–water partition coefficient (Wildman–Crippen LogP) is 3.90. The van der Waals surface area contributed by atoms with Crippen LogP contribution in [0.1, 0.15) is 58.6 Å². The largest absolute Gasteiger partial charge is 0.350 e. The van der Waals surface area contributed by atoms with E-state index in [0.717, 1.165) is 36.4 Å². The summed E-state index contributed by atoms with van der Waals surface area (Å²) in [5.74, 6) is -1.97. The van der Waals surface area contributed by atoms with Crippen molar-refractivity contribution in [3.05, 3.63) is 64.1 Å². The second-order valence-electron chi connectivity index (χ2n) is 7.90. The van der Waals surface area contributed by atoms with Crippen molar-refractivity contribution in [2.24, 2.45) is 5.92 Å². The summed E-state index contributed by atoms with van der Waals surface area (Å²) in [4.78, 5) is 29.5. The molecule has 0 aliphatic heterocycles. The molecule has 1 aromatic carbocycles. The molecule has 0 unspecified atom stereocenters. The van der Waals surface area contributed by atoms with Gasteiger partial charge in [0.1, 0.15) is 17.2 Å². The van der Waals surface area contributed by atoms with Gasteiger partial charge in [0.15, 0.2) is 11.5 Å². The zero-order chi connectivity index (χ0) is 22.7. The molecule has 10 heteroatoms. The summed E-state index contributed by atoms with van der Waals surface area (Å²) in [7, 11) is 0. The van der Waals surface area contributed by atoms with Gasteiger partial charge in [0.05, 0.1) is 11.2 Å². The second kappa shape index (κ2) is 9.60. The van der Waals surface area contributed by atoms with Crippen molar-refractivity contribution in [2.75, 3.05) is 6.54 Å². The van der Waals surface area contributed by atoms with Gasteiger partial charge in [-0.25, -0.2) is 18.3 Å². The zero-order valence-corrected chi connectivity index (χ0v) is 18.0. The lowest BCUT2D eigenvalue weighted by Gasteiger charge is -2.21. The van der Waals surface area contributed by atoms with Crippen molar-refractivity contribution in [3.63, 3.8) is 0 Å². The first-order valence-electron chi connectivity index (χ1n) is 10.5. The van der Waals surface area contributed by atoms with Crippen LogP contribution in [0.25, 0.3) is 5.65 Å². The van der Waals surface area contributed by atoms with Crippen LogP contribution < -0.4 is 10.6 Å². The van der Waals surface area contributed by atoms with Gasteiger partial charge in [-0.2, -0.15) is 5.10 Å². The van der Waals surface area contributed by atoms with Gasteiger partial charge in [-0.15, -0.1) is 0 Å². The summed E-state index contributed by atoms with van der Waals surface area (Å²) in [6.45, 7) is 0.565. The molecule has 1 fully saturated rings. The van der Waals surface area contributed by atoms with E-state index in [1.807, 2.05) is 0 Å². The highest BCUT2D eigenvalue weighted by Crippen LogP contribution is 2.23. The minimum atomic E-state index is -0.744. The molecule has 3 aromatic rings. The maximum absolute atomic E-state index is 14.2. The molecule has 2 heterocycles. The predicted molar refractivity (Wildman–Crippen MR) is 114 cm³/mol. The Morgan fingerprint density at radius 3 is 2.59 bits per heavy atom. The molecule has 0 spiro atoms. The summed E-state index contributed by atoms with van der Waals surface area (Å²) >= 11 is 5.76. The number of fused-ring (bicyclic) bond motifs is 1.